The molecule has 2 heterocycles. The van der Waals surface area contributed by atoms with Gasteiger partial charge in [0, 0.05) is 19.6 Å². The Morgan fingerprint density at radius 1 is 1.71 bits per heavy atom. The lowest BCUT2D eigenvalue weighted by Gasteiger charge is -2.31. The SMILES string of the molecule is CN1CCNCC1C(=O)c1cccs1. The quantitative estimate of drug-likeness (QED) is 0.734. The summed E-state index contributed by atoms with van der Waals surface area (Å²) in [5.74, 6) is 0.245. The summed E-state index contributed by atoms with van der Waals surface area (Å²) in [6.45, 7) is 2.69. The first-order valence-corrected chi connectivity index (χ1v) is 5.65. The van der Waals surface area contributed by atoms with Crippen molar-refractivity contribution >= 4 is 17.1 Å². The molecule has 1 N–H and O–H groups in total. The van der Waals surface area contributed by atoms with Gasteiger partial charge in [0.05, 0.1) is 10.9 Å². The molecule has 4 heteroatoms. The highest BCUT2D eigenvalue weighted by molar-refractivity contribution is 7.12. The van der Waals surface area contributed by atoms with Crippen molar-refractivity contribution in [2.24, 2.45) is 0 Å². The number of likely N-dealkylation sites (N-methyl/N-ethyl adjacent to an activating group) is 1. The van der Waals surface area contributed by atoms with Crippen molar-refractivity contribution in [3.8, 4) is 0 Å². The summed E-state index contributed by atoms with van der Waals surface area (Å²) in [5, 5.41) is 5.20. The van der Waals surface area contributed by atoms with Gasteiger partial charge in [0.1, 0.15) is 0 Å². The molecule has 1 fully saturated rings. The van der Waals surface area contributed by atoms with E-state index in [0.29, 0.717) is 0 Å². The number of carbonyl (C=O) groups excluding carboxylic acids is 1. The third-order valence-corrected chi connectivity index (χ3v) is 3.46. The minimum Gasteiger partial charge on any atom is -0.313 e. The molecule has 3 nitrogen and oxygen atoms in total. The zero-order chi connectivity index (χ0) is 9.97. The Balaban J connectivity index is 2.10. The minimum absolute atomic E-state index is 0.0161. The van der Waals surface area contributed by atoms with E-state index in [9.17, 15) is 4.79 Å². The number of carbonyl (C=O) groups is 1. The number of ketones is 1. The fourth-order valence-electron chi connectivity index (χ4n) is 1.68. The highest BCUT2D eigenvalue weighted by Crippen LogP contribution is 2.14. The highest BCUT2D eigenvalue weighted by Gasteiger charge is 2.26. The molecule has 0 radical (unpaired) electrons. The predicted molar refractivity (Wildman–Crippen MR) is 57.9 cm³/mol. The van der Waals surface area contributed by atoms with Crippen LogP contribution in [0.1, 0.15) is 9.67 Å². The van der Waals surface area contributed by atoms with Gasteiger partial charge in [-0.1, -0.05) is 6.07 Å². The van der Waals surface area contributed by atoms with Crippen LogP contribution in [0.15, 0.2) is 17.5 Å². The van der Waals surface area contributed by atoms with Gasteiger partial charge in [-0.05, 0) is 18.5 Å². The largest absolute Gasteiger partial charge is 0.313 e. The van der Waals surface area contributed by atoms with Gasteiger partial charge < -0.3 is 5.32 Å². The highest BCUT2D eigenvalue weighted by atomic mass is 32.1. The van der Waals surface area contributed by atoms with E-state index in [1.165, 1.54) is 11.3 Å². The van der Waals surface area contributed by atoms with Gasteiger partial charge in [-0.25, -0.2) is 0 Å². The number of piperazine rings is 1. The Hall–Kier alpha value is -0.710. The number of nitrogens with one attached hydrogen (secondary N) is 1. The van der Waals surface area contributed by atoms with Gasteiger partial charge in [0.2, 0.25) is 0 Å². The number of hydrogen-bond donors (Lipinski definition) is 1. The van der Waals surface area contributed by atoms with E-state index < -0.39 is 0 Å². The molecule has 1 unspecified atom stereocenters. The molecule has 14 heavy (non-hydrogen) atoms. The summed E-state index contributed by atoms with van der Waals surface area (Å²) in [4.78, 5) is 15.0. The fourth-order valence-corrected chi connectivity index (χ4v) is 2.39. The Kier molecular flexibility index (Phi) is 2.96. The summed E-state index contributed by atoms with van der Waals surface area (Å²) in [6, 6.07) is 3.84. The van der Waals surface area contributed by atoms with E-state index in [1.54, 1.807) is 0 Å². The van der Waals surface area contributed by atoms with Gasteiger partial charge in [-0.3, -0.25) is 9.69 Å². The van der Waals surface area contributed by atoms with Crippen molar-refractivity contribution < 1.29 is 4.79 Å². The lowest BCUT2D eigenvalue weighted by molar-refractivity contribution is 0.0823. The number of nitrogens with zero attached hydrogens (tertiary/aromatic N) is 1. The number of thiophene rings is 1. The van der Waals surface area contributed by atoms with Crippen molar-refractivity contribution in [3.63, 3.8) is 0 Å². The maximum Gasteiger partial charge on any atom is 0.191 e. The van der Waals surface area contributed by atoms with Crippen LogP contribution >= 0.6 is 11.3 Å². The molecule has 1 aliphatic rings. The van der Waals surface area contributed by atoms with E-state index in [-0.39, 0.29) is 11.8 Å². The average molecular weight is 210 g/mol. The van der Waals surface area contributed by atoms with Gasteiger partial charge in [-0.2, -0.15) is 0 Å². The molecule has 1 aliphatic heterocycles. The van der Waals surface area contributed by atoms with Crippen LogP contribution in [0, 0.1) is 0 Å². The minimum atomic E-state index is 0.0161. The summed E-state index contributed by atoms with van der Waals surface area (Å²) in [5.41, 5.74) is 0. The number of rotatable bonds is 2. The third-order valence-electron chi connectivity index (χ3n) is 2.58. The molecular weight excluding hydrogens is 196 g/mol. The Labute approximate surface area is 87.7 Å². The fraction of sp³-hybridized carbons (Fsp3) is 0.500. The zero-order valence-corrected chi connectivity index (χ0v) is 9.01. The Bertz CT molecular complexity index is 310. The zero-order valence-electron chi connectivity index (χ0n) is 8.19. The first-order valence-electron chi connectivity index (χ1n) is 4.77. The van der Waals surface area contributed by atoms with Crippen LogP contribution in [-0.2, 0) is 0 Å². The first kappa shape index (κ1) is 9.83. The van der Waals surface area contributed by atoms with E-state index >= 15 is 0 Å². The molecule has 1 saturated heterocycles. The molecule has 0 amide bonds. The van der Waals surface area contributed by atoms with Crippen LogP contribution < -0.4 is 5.32 Å². The van der Waals surface area contributed by atoms with E-state index in [2.05, 4.69) is 10.2 Å². The lowest BCUT2D eigenvalue weighted by atomic mass is 10.1. The molecule has 0 aromatic carbocycles. The van der Waals surface area contributed by atoms with Crippen molar-refractivity contribution in [1.29, 1.82) is 0 Å². The standard InChI is InChI=1S/C10H14N2OS/c1-12-5-4-11-7-8(12)10(13)9-3-2-6-14-9/h2-3,6,8,11H,4-5,7H2,1H3. The summed E-state index contributed by atoms with van der Waals surface area (Å²) >= 11 is 1.52. The summed E-state index contributed by atoms with van der Waals surface area (Å²) in [6.07, 6.45) is 0. The molecule has 0 spiro atoms. The van der Waals surface area contributed by atoms with Crippen molar-refractivity contribution in [3.05, 3.63) is 22.4 Å². The normalized spacial score (nSPS) is 23.6. The lowest BCUT2D eigenvalue weighted by Crippen LogP contribution is -2.52. The molecule has 1 aromatic heterocycles. The number of hydrogen-bond acceptors (Lipinski definition) is 4. The Morgan fingerprint density at radius 2 is 2.57 bits per heavy atom. The molecule has 0 aliphatic carbocycles. The van der Waals surface area contributed by atoms with Crippen LogP contribution in [0.5, 0.6) is 0 Å². The molecule has 76 valence electrons. The van der Waals surface area contributed by atoms with Crippen molar-refractivity contribution in [2.45, 2.75) is 6.04 Å². The first-order chi connectivity index (χ1) is 6.79. The predicted octanol–water partition coefficient (Wildman–Crippen LogP) is 0.834. The second-order valence-electron chi connectivity index (χ2n) is 3.54. The summed E-state index contributed by atoms with van der Waals surface area (Å²) in [7, 11) is 2.01. The van der Waals surface area contributed by atoms with Crippen LogP contribution in [0.3, 0.4) is 0 Å². The van der Waals surface area contributed by atoms with Gasteiger partial charge in [-0.15, -0.1) is 11.3 Å². The molecule has 1 aromatic rings. The van der Waals surface area contributed by atoms with Gasteiger partial charge in [0.25, 0.3) is 0 Å². The van der Waals surface area contributed by atoms with Crippen molar-refractivity contribution in [1.82, 2.24) is 10.2 Å². The van der Waals surface area contributed by atoms with Crippen LogP contribution in [0.25, 0.3) is 0 Å². The second kappa shape index (κ2) is 4.21. The number of Topliss-reactive ketones (excluding diaryl/α,β-unsaturated/α-hetero) is 1. The maximum atomic E-state index is 12.0. The summed E-state index contributed by atoms with van der Waals surface area (Å²) < 4.78 is 0. The maximum absolute atomic E-state index is 12.0. The van der Waals surface area contributed by atoms with Gasteiger partial charge >= 0.3 is 0 Å². The third kappa shape index (κ3) is 1.87. The van der Waals surface area contributed by atoms with Crippen LogP contribution in [0.2, 0.25) is 0 Å². The second-order valence-corrected chi connectivity index (χ2v) is 4.49. The van der Waals surface area contributed by atoms with E-state index in [0.717, 1.165) is 24.5 Å². The molecule has 0 bridgehead atoms. The molecular formula is C10H14N2OS. The Morgan fingerprint density at radius 3 is 3.21 bits per heavy atom. The van der Waals surface area contributed by atoms with E-state index in [1.807, 2.05) is 24.6 Å². The van der Waals surface area contributed by atoms with E-state index in [4.69, 9.17) is 0 Å². The van der Waals surface area contributed by atoms with Gasteiger partial charge in [0.15, 0.2) is 5.78 Å². The van der Waals surface area contributed by atoms with Crippen LogP contribution in [0.4, 0.5) is 0 Å². The molecule has 1 atom stereocenters. The monoisotopic (exact) mass is 210 g/mol. The average Bonchev–Trinajstić information content (AvgIpc) is 2.70. The smallest absolute Gasteiger partial charge is 0.191 e. The van der Waals surface area contributed by atoms with Crippen molar-refractivity contribution in [2.75, 3.05) is 26.7 Å². The van der Waals surface area contributed by atoms with Crippen LogP contribution in [-0.4, -0.2) is 43.4 Å². The topological polar surface area (TPSA) is 32.3 Å². The molecule has 0 saturated carbocycles. The molecule has 2 rings (SSSR count).